The van der Waals surface area contributed by atoms with E-state index in [2.05, 4.69) is 15.5 Å². The summed E-state index contributed by atoms with van der Waals surface area (Å²) in [6.07, 6.45) is 3.26. The van der Waals surface area contributed by atoms with Gasteiger partial charge in [-0.2, -0.15) is 5.10 Å². The van der Waals surface area contributed by atoms with Gasteiger partial charge in [-0.3, -0.25) is 15.2 Å². The highest BCUT2D eigenvalue weighted by Gasteiger charge is 2.19. The van der Waals surface area contributed by atoms with Gasteiger partial charge in [0.2, 0.25) is 0 Å². The van der Waals surface area contributed by atoms with E-state index in [1.54, 1.807) is 18.3 Å². The summed E-state index contributed by atoms with van der Waals surface area (Å²) in [7, 11) is 0. The second-order valence-corrected chi connectivity index (χ2v) is 5.34. The van der Waals surface area contributed by atoms with E-state index >= 15 is 0 Å². The molecular weight excluding hydrogens is 286 g/mol. The molecule has 5 heteroatoms. The van der Waals surface area contributed by atoms with Crippen LogP contribution in [0.5, 0.6) is 0 Å². The number of carbonyl (C=O) groups is 1. The summed E-state index contributed by atoms with van der Waals surface area (Å²) in [6.45, 7) is 0. The van der Waals surface area contributed by atoms with Gasteiger partial charge in [0.05, 0.1) is 17.1 Å². The lowest BCUT2D eigenvalue weighted by Crippen LogP contribution is -2.07. The van der Waals surface area contributed by atoms with Crippen LogP contribution in [-0.4, -0.2) is 16.5 Å². The molecule has 0 amide bonds. The summed E-state index contributed by atoms with van der Waals surface area (Å²) < 4.78 is 0. The number of fused-ring (bicyclic) bond motifs is 1. The molecule has 3 rings (SSSR count). The molecule has 0 aliphatic heterocycles. The van der Waals surface area contributed by atoms with Gasteiger partial charge in [-0.25, -0.2) is 0 Å². The number of hydrogen-bond acceptors (Lipinski definition) is 4. The number of pyridine rings is 1. The zero-order valence-electron chi connectivity index (χ0n) is 11.3. The number of rotatable bonds is 2. The summed E-state index contributed by atoms with van der Waals surface area (Å²) >= 11 is 5.85. The van der Waals surface area contributed by atoms with Gasteiger partial charge in [0, 0.05) is 30.5 Å². The maximum Gasteiger partial charge on any atom is 0.137 e. The molecule has 0 saturated carbocycles. The molecule has 1 aliphatic rings. The Kier molecular flexibility index (Phi) is 3.97. The van der Waals surface area contributed by atoms with Crippen molar-refractivity contribution >= 4 is 28.8 Å². The van der Waals surface area contributed by atoms with Crippen LogP contribution in [0.15, 0.2) is 47.7 Å². The smallest absolute Gasteiger partial charge is 0.137 e. The second kappa shape index (κ2) is 6.06. The minimum Gasteiger partial charge on any atom is -0.299 e. The van der Waals surface area contributed by atoms with Crippen LogP contribution in [0.1, 0.15) is 24.1 Å². The molecule has 2 aromatic rings. The van der Waals surface area contributed by atoms with Crippen LogP contribution in [0.3, 0.4) is 0 Å². The minimum absolute atomic E-state index is 0.223. The van der Waals surface area contributed by atoms with Gasteiger partial charge in [-0.05, 0) is 35.9 Å². The number of benzene rings is 1. The van der Waals surface area contributed by atoms with Crippen molar-refractivity contribution in [2.24, 2.45) is 5.10 Å². The lowest BCUT2D eigenvalue weighted by atomic mass is 10.1. The normalized spacial score (nSPS) is 16.4. The van der Waals surface area contributed by atoms with Crippen LogP contribution in [0.4, 0.5) is 5.69 Å². The molecule has 0 unspecified atom stereocenters. The van der Waals surface area contributed by atoms with Crippen molar-refractivity contribution in [3.05, 3.63) is 58.9 Å². The third-order valence-electron chi connectivity index (χ3n) is 3.36. The molecule has 1 N–H and O–H groups in total. The van der Waals surface area contributed by atoms with Gasteiger partial charge in [-0.15, -0.1) is 0 Å². The van der Waals surface area contributed by atoms with Gasteiger partial charge in [0.15, 0.2) is 0 Å². The summed E-state index contributed by atoms with van der Waals surface area (Å²) in [5, 5.41) is 5.11. The lowest BCUT2D eigenvalue weighted by molar-refractivity contribution is -0.118. The first-order valence-electron chi connectivity index (χ1n) is 6.76. The van der Waals surface area contributed by atoms with Crippen LogP contribution >= 0.6 is 11.6 Å². The first kappa shape index (κ1) is 13.8. The number of nitrogens with zero attached hydrogens (tertiary/aromatic N) is 2. The average molecular weight is 300 g/mol. The van der Waals surface area contributed by atoms with E-state index < -0.39 is 0 Å². The maximum absolute atomic E-state index is 11.8. The quantitative estimate of drug-likeness (QED) is 0.682. The molecular formula is C16H14ClN3O. The number of ketones is 1. The highest BCUT2D eigenvalue weighted by molar-refractivity contribution is 6.30. The van der Waals surface area contributed by atoms with Crippen molar-refractivity contribution in [3.63, 3.8) is 0 Å². The van der Waals surface area contributed by atoms with E-state index in [4.69, 9.17) is 11.6 Å². The molecule has 21 heavy (non-hydrogen) atoms. The zero-order valence-corrected chi connectivity index (χ0v) is 12.1. The monoisotopic (exact) mass is 299 g/mol. The fraction of sp³-hybridized carbons (Fsp3) is 0.188. The fourth-order valence-electron chi connectivity index (χ4n) is 2.28. The molecule has 1 aromatic heterocycles. The van der Waals surface area contributed by atoms with Gasteiger partial charge in [0.25, 0.3) is 0 Å². The number of anilines is 1. The number of Topliss-reactive ketones (excluding diaryl/α,β-unsaturated/α-hetero) is 1. The zero-order chi connectivity index (χ0) is 14.7. The molecule has 0 fully saturated rings. The fourth-order valence-corrected chi connectivity index (χ4v) is 2.41. The first-order chi connectivity index (χ1) is 10.2. The Hall–Kier alpha value is -2.20. The highest BCUT2D eigenvalue weighted by atomic mass is 35.5. The SMILES string of the molecule is O=C1CCC(=NNc2ccc(Cl)cc2)c2ncccc2C1. The minimum atomic E-state index is 0.223. The number of carbonyl (C=O) groups excluding carboxylic acids is 1. The molecule has 1 aliphatic carbocycles. The molecule has 106 valence electrons. The van der Waals surface area contributed by atoms with Crippen LogP contribution in [0.25, 0.3) is 0 Å². The van der Waals surface area contributed by atoms with E-state index in [1.165, 1.54) is 0 Å². The molecule has 0 atom stereocenters. The van der Waals surface area contributed by atoms with Crippen LogP contribution < -0.4 is 5.43 Å². The molecule has 1 aromatic carbocycles. The van der Waals surface area contributed by atoms with Gasteiger partial charge < -0.3 is 0 Å². The number of hydrogen-bond donors (Lipinski definition) is 1. The number of aromatic nitrogens is 1. The number of hydrazone groups is 1. The van der Waals surface area contributed by atoms with E-state index in [0.29, 0.717) is 24.3 Å². The summed E-state index contributed by atoms with van der Waals surface area (Å²) in [5.41, 5.74) is 6.41. The molecule has 0 spiro atoms. The van der Waals surface area contributed by atoms with Crippen molar-refractivity contribution in [3.8, 4) is 0 Å². The van der Waals surface area contributed by atoms with Crippen molar-refractivity contribution in [2.45, 2.75) is 19.3 Å². The van der Waals surface area contributed by atoms with Crippen LogP contribution in [0, 0.1) is 0 Å². The van der Waals surface area contributed by atoms with E-state index in [1.807, 2.05) is 24.3 Å². The molecule has 0 bridgehead atoms. The Bertz CT molecular complexity index is 695. The van der Waals surface area contributed by atoms with E-state index in [-0.39, 0.29) is 5.78 Å². The highest BCUT2D eigenvalue weighted by Crippen LogP contribution is 2.18. The maximum atomic E-state index is 11.8. The summed E-state index contributed by atoms with van der Waals surface area (Å²) in [4.78, 5) is 16.2. The van der Waals surface area contributed by atoms with Crippen LogP contribution in [-0.2, 0) is 11.2 Å². The number of nitrogens with one attached hydrogen (secondary N) is 1. The molecule has 4 nitrogen and oxygen atoms in total. The average Bonchev–Trinajstić information content (AvgIpc) is 2.65. The lowest BCUT2D eigenvalue weighted by Gasteiger charge is -2.07. The predicted molar refractivity (Wildman–Crippen MR) is 83.8 cm³/mol. The first-order valence-corrected chi connectivity index (χ1v) is 7.14. The Balaban J connectivity index is 1.88. The second-order valence-electron chi connectivity index (χ2n) is 4.90. The largest absolute Gasteiger partial charge is 0.299 e. The summed E-state index contributed by atoms with van der Waals surface area (Å²) in [6, 6.07) is 11.1. The third kappa shape index (κ3) is 3.28. The van der Waals surface area contributed by atoms with Crippen molar-refractivity contribution in [1.82, 2.24) is 4.98 Å². The number of halogens is 1. The van der Waals surface area contributed by atoms with Gasteiger partial charge in [-0.1, -0.05) is 17.7 Å². The van der Waals surface area contributed by atoms with Crippen LogP contribution in [0.2, 0.25) is 5.02 Å². The van der Waals surface area contributed by atoms with Gasteiger partial charge >= 0.3 is 0 Å². The predicted octanol–water partition coefficient (Wildman–Crippen LogP) is 3.46. The Morgan fingerprint density at radius 1 is 1.14 bits per heavy atom. The summed E-state index contributed by atoms with van der Waals surface area (Å²) in [5.74, 6) is 0.223. The Labute approximate surface area is 127 Å². The molecule has 0 radical (unpaired) electrons. The standard InChI is InChI=1S/C16H14ClN3O/c17-12-3-5-13(6-4-12)19-20-15-8-7-14(21)10-11-2-1-9-18-16(11)15/h1-6,9,19H,7-8,10H2. The molecule has 0 saturated heterocycles. The Morgan fingerprint density at radius 3 is 2.76 bits per heavy atom. The topological polar surface area (TPSA) is 54.4 Å². The van der Waals surface area contributed by atoms with Crippen molar-refractivity contribution in [1.29, 1.82) is 0 Å². The molecule has 1 heterocycles. The third-order valence-corrected chi connectivity index (χ3v) is 3.61. The van der Waals surface area contributed by atoms with E-state index in [0.717, 1.165) is 22.7 Å². The Morgan fingerprint density at radius 2 is 1.95 bits per heavy atom. The van der Waals surface area contributed by atoms with E-state index in [9.17, 15) is 4.79 Å². The van der Waals surface area contributed by atoms with Crippen molar-refractivity contribution < 1.29 is 4.79 Å². The van der Waals surface area contributed by atoms with Gasteiger partial charge in [0.1, 0.15) is 5.78 Å². The van der Waals surface area contributed by atoms with Crippen molar-refractivity contribution in [2.75, 3.05) is 5.43 Å².